The summed E-state index contributed by atoms with van der Waals surface area (Å²) in [5.74, 6) is 0. The maximum atomic E-state index is 14.5. The topological polar surface area (TPSA) is 90.2 Å². The largest absolute Gasteiger partial charge is 0.395 e. The summed E-state index contributed by atoms with van der Waals surface area (Å²) in [4.78, 5) is 7.67. The predicted octanol–water partition coefficient (Wildman–Crippen LogP) is 7.55. The van der Waals surface area contributed by atoms with Gasteiger partial charge in [-0.15, -0.1) is 0 Å². The average molecular weight is 653 g/mol. The van der Waals surface area contributed by atoms with Crippen molar-refractivity contribution in [3.05, 3.63) is 130 Å². The molecule has 1 atom stereocenters. The van der Waals surface area contributed by atoms with E-state index in [9.17, 15) is 18.6 Å². The fourth-order valence-electron chi connectivity index (χ4n) is 7.28. The lowest BCUT2D eigenvalue weighted by atomic mass is 9.79. The van der Waals surface area contributed by atoms with E-state index in [2.05, 4.69) is 69.9 Å². The van der Waals surface area contributed by atoms with E-state index < -0.39 is 20.7 Å². The molecule has 0 spiro atoms. The van der Waals surface area contributed by atoms with Gasteiger partial charge in [-0.05, 0) is 60.2 Å². The Kier molecular flexibility index (Phi) is 10.1. The second-order valence-electron chi connectivity index (χ2n) is 13.9. The number of nitrogens with zero attached hydrogens (tertiary/aromatic N) is 2. The molecular formula is C40H48N2O4S. The SMILES string of the molecule is CC1(C/C=C2/N(CCO)c3ccccc3C2(C)C)CCC(/C=C/C(=NCCO)C(C)(C)c2ccccc2)=C1S(=O)(=O)c1ccccc1. The number of hydrogen-bond donors (Lipinski definition) is 2. The molecule has 248 valence electrons. The van der Waals surface area contributed by atoms with Gasteiger partial charge in [-0.1, -0.05) is 114 Å². The van der Waals surface area contributed by atoms with Crippen molar-refractivity contribution in [2.24, 2.45) is 10.4 Å². The highest BCUT2D eigenvalue weighted by molar-refractivity contribution is 7.95. The molecule has 1 unspecified atom stereocenters. The van der Waals surface area contributed by atoms with Crippen LogP contribution in [0.5, 0.6) is 0 Å². The lowest BCUT2D eigenvalue weighted by Gasteiger charge is -2.31. The Labute approximate surface area is 280 Å². The normalized spacial score (nSPS) is 20.9. The number of sulfone groups is 1. The molecule has 1 aliphatic carbocycles. The quantitative estimate of drug-likeness (QED) is 0.197. The first-order valence-corrected chi connectivity index (χ1v) is 18.0. The molecule has 5 rings (SSSR count). The number of aliphatic hydroxyl groups excluding tert-OH is 2. The van der Waals surface area contributed by atoms with Gasteiger partial charge in [0.25, 0.3) is 0 Å². The number of aliphatic imine (C=N–C) groups is 1. The summed E-state index contributed by atoms with van der Waals surface area (Å²) in [6, 6.07) is 27.1. The van der Waals surface area contributed by atoms with Crippen molar-refractivity contribution in [3.8, 4) is 0 Å². The second-order valence-corrected chi connectivity index (χ2v) is 15.7. The van der Waals surface area contributed by atoms with Crippen molar-refractivity contribution in [1.29, 1.82) is 0 Å². The Morgan fingerprint density at radius 3 is 2.21 bits per heavy atom. The minimum Gasteiger partial charge on any atom is -0.395 e. The summed E-state index contributed by atoms with van der Waals surface area (Å²) in [7, 11) is -3.83. The molecule has 0 radical (unpaired) electrons. The van der Waals surface area contributed by atoms with Crippen LogP contribution < -0.4 is 4.90 Å². The van der Waals surface area contributed by atoms with Gasteiger partial charge in [0.15, 0.2) is 0 Å². The molecule has 0 saturated heterocycles. The van der Waals surface area contributed by atoms with Crippen molar-refractivity contribution in [3.63, 3.8) is 0 Å². The van der Waals surface area contributed by atoms with Crippen LogP contribution in [0, 0.1) is 5.41 Å². The van der Waals surface area contributed by atoms with E-state index in [1.165, 1.54) is 5.56 Å². The Balaban J connectivity index is 1.61. The van der Waals surface area contributed by atoms with Crippen LogP contribution in [-0.2, 0) is 20.7 Å². The molecule has 0 amide bonds. The smallest absolute Gasteiger partial charge is 0.203 e. The summed E-state index contributed by atoms with van der Waals surface area (Å²) in [5.41, 5.74) is 4.60. The molecule has 0 fully saturated rings. The van der Waals surface area contributed by atoms with Crippen LogP contribution in [0.3, 0.4) is 0 Å². The maximum Gasteiger partial charge on any atom is 0.203 e. The highest BCUT2D eigenvalue weighted by atomic mass is 32.2. The highest BCUT2D eigenvalue weighted by Gasteiger charge is 2.45. The molecule has 3 aromatic rings. The van der Waals surface area contributed by atoms with E-state index in [4.69, 9.17) is 4.99 Å². The zero-order valence-electron chi connectivity index (χ0n) is 28.3. The zero-order valence-corrected chi connectivity index (χ0v) is 29.1. The fraction of sp³-hybridized carbons (Fsp3) is 0.375. The van der Waals surface area contributed by atoms with E-state index in [-0.39, 0.29) is 30.1 Å². The van der Waals surface area contributed by atoms with Gasteiger partial charge in [0.1, 0.15) is 0 Å². The van der Waals surface area contributed by atoms with Crippen LogP contribution in [0.1, 0.15) is 65.0 Å². The van der Waals surface area contributed by atoms with Crippen molar-refractivity contribution in [2.75, 3.05) is 31.2 Å². The van der Waals surface area contributed by atoms with Crippen molar-refractivity contribution < 1.29 is 18.6 Å². The van der Waals surface area contributed by atoms with Gasteiger partial charge >= 0.3 is 0 Å². The van der Waals surface area contributed by atoms with Gasteiger partial charge in [0.2, 0.25) is 9.84 Å². The van der Waals surface area contributed by atoms with Crippen LogP contribution >= 0.6 is 0 Å². The van der Waals surface area contributed by atoms with E-state index in [1.807, 2.05) is 48.6 Å². The number of allylic oxidation sites excluding steroid dienone is 6. The number of para-hydroxylation sites is 1. The first-order chi connectivity index (χ1) is 22.4. The molecule has 0 bridgehead atoms. The number of aliphatic hydroxyl groups is 2. The number of fused-ring (bicyclic) bond motifs is 1. The second kappa shape index (κ2) is 13.8. The van der Waals surface area contributed by atoms with Gasteiger partial charge < -0.3 is 15.1 Å². The van der Waals surface area contributed by atoms with Gasteiger partial charge in [0, 0.05) is 39.9 Å². The lowest BCUT2D eigenvalue weighted by molar-refractivity contribution is 0.303. The molecule has 6 nitrogen and oxygen atoms in total. The maximum absolute atomic E-state index is 14.5. The van der Waals surface area contributed by atoms with Crippen LogP contribution in [0.2, 0.25) is 0 Å². The van der Waals surface area contributed by atoms with E-state index >= 15 is 0 Å². The van der Waals surface area contributed by atoms with Crippen molar-refractivity contribution in [2.45, 2.75) is 69.6 Å². The Hall–Kier alpha value is -3.78. The van der Waals surface area contributed by atoms with Crippen LogP contribution in [-0.4, -0.2) is 50.6 Å². The minimum atomic E-state index is -3.83. The zero-order chi connectivity index (χ0) is 33.9. The van der Waals surface area contributed by atoms with Crippen LogP contribution in [0.15, 0.2) is 129 Å². The first-order valence-electron chi connectivity index (χ1n) is 16.5. The number of β-amino-alcohol motifs (C(OH)–C–C–N with tert-alkyl or cyclic N) is 1. The summed E-state index contributed by atoms with van der Waals surface area (Å²) in [6.07, 6.45) is 7.92. The monoisotopic (exact) mass is 652 g/mol. The summed E-state index contributed by atoms with van der Waals surface area (Å²) < 4.78 is 29.1. The molecule has 3 aromatic carbocycles. The van der Waals surface area contributed by atoms with Gasteiger partial charge in [-0.3, -0.25) is 4.99 Å². The third-order valence-electron chi connectivity index (χ3n) is 9.94. The molecule has 2 N–H and O–H groups in total. The van der Waals surface area contributed by atoms with E-state index in [1.54, 1.807) is 24.3 Å². The molecule has 0 aromatic heterocycles. The number of anilines is 1. The Bertz CT molecular complexity index is 1800. The number of rotatable bonds is 12. The third-order valence-corrected chi connectivity index (χ3v) is 12.1. The lowest BCUT2D eigenvalue weighted by Crippen LogP contribution is -2.29. The number of hydrogen-bond acceptors (Lipinski definition) is 6. The Morgan fingerprint density at radius 2 is 1.55 bits per heavy atom. The van der Waals surface area contributed by atoms with Crippen LogP contribution in [0.4, 0.5) is 5.69 Å². The van der Waals surface area contributed by atoms with E-state index in [0.29, 0.717) is 30.7 Å². The molecule has 7 heteroatoms. The third kappa shape index (κ3) is 6.67. The Morgan fingerprint density at radius 1 is 0.915 bits per heavy atom. The summed E-state index contributed by atoms with van der Waals surface area (Å²) in [5, 5.41) is 19.6. The molecule has 0 saturated carbocycles. The average Bonchev–Trinajstić information content (AvgIpc) is 3.51. The van der Waals surface area contributed by atoms with Crippen LogP contribution in [0.25, 0.3) is 0 Å². The van der Waals surface area contributed by atoms with Crippen molar-refractivity contribution >= 4 is 21.2 Å². The molecular weight excluding hydrogens is 605 g/mol. The molecule has 2 aliphatic rings. The molecule has 1 aliphatic heterocycles. The molecule has 47 heavy (non-hydrogen) atoms. The van der Waals surface area contributed by atoms with Gasteiger partial charge in [-0.25, -0.2) is 8.42 Å². The van der Waals surface area contributed by atoms with Gasteiger partial charge in [-0.2, -0.15) is 0 Å². The fourth-order valence-corrected chi connectivity index (χ4v) is 9.38. The first kappa shape index (κ1) is 34.6. The summed E-state index contributed by atoms with van der Waals surface area (Å²) >= 11 is 0. The standard InChI is InChI=1S/C40H48N2O4S/c1-38(2,31-14-8-6-9-15-31)35(41-26-28-43)21-20-30-22-24-40(5,37(30)47(45,46)32-16-10-7-11-17-32)25-23-36-39(3,4)33-18-12-13-19-34(33)42(36)27-29-44/h6-21,23,43-44H,22,24-29H2,1-5H3/b21-20+,36-23+,41-35?. The predicted molar refractivity (Wildman–Crippen MR) is 193 cm³/mol. The van der Waals surface area contributed by atoms with E-state index in [0.717, 1.165) is 28.2 Å². The minimum absolute atomic E-state index is 0.0149. The highest BCUT2D eigenvalue weighted by Crippen LogP contribution is 2.53. The van der Waals surface area contributed by atoms with Gasteiger partial charge in [0.05, 0.1) is 29.6 Å². The molecule has 1 heterocycles. The summed E-state index contributed by atoms with van der Waals surface area (Å²) in [6.45, 7) is 11.3. The number of benzene rings is 3. The van der Waals surface area contributed by atoms with Crippen molar-refractivity contribution in [1.82, 2.24) is 0 Å².